The summed E-state index contributed by atoms with van der Waals surface area (Å²) in [6, 6.07) is 3.16. The summed E-state index contributed by atoms with van der Waals surface area (Å²) in [5.74, 6) is -0.887. The van der Waals surface area contributed by atoms with E-state index < -0.39 is 11.6 Å². The lowest BCUT2D eigenvalue weighted by Crippen LogP contribution is -2.51. The lowest BCUT2D eigenvalue weighted by atomic mass is 10.1. The SMILES string of the molecule is CCCC1CN(c2c(F)ccc(C)c2F)CCN1. The van der Waals surface area contributed by atoms with Gasteiger partial charge in [-0.2, -0.15) is 0 Å². The average Bonchev–Trinajstić information content (AvgIpc) is 2.35. The Morgan fingerprint density at radius 1 is 1.39 bits per heavy atom. The van der Waals surface area contributed by atoms with E-state index in [2.05, 4.69) is 12.2 Å². The number of anilines is 1. The molecule has 1 aliphatic heterocycles. The fourth-order valence-corrected chi connectivity index (χ4v) is 2.50. The molecule has 18 heavy (non-hydrogen) atoms. The number of hydrogen-bond donors (Lipinski definition) is 1. The quantitative estimate of drug-likeness (QED) is 0.892. The highest BCUT2D eigenvalue weighted by molar-refractivity contribution is 5.52. The topological polar surface area (TPSA) is 15.3 Å². The maximum atomic E-state index is 14.1. The first-order valence-electron chi connectivity index (χ1n) is 6.56. The molecule has 2 rings (SSSR count). The van der Waals surface area contributed by atoms with E-state index in [-0.39, 0.29) is 5.69 Å². The van der Waals surface area contributed by atoms with Gasteiger partial charge in [0.2, 0.25) is 0 Å². The second-order valence-corrected chi connectivity index (χ2v) is 4.91. The molecule has 1 aromatic carbocycles. The van der Waals surface area contributed by atoms with Crippen molar-refractivity contribution < 1.29 is 8.78 Å². The van der Waals surface area contributed by atoms with Crippen molar-refractivity contribution in [3.63, 3.8) is 0 Å². The van der Waals surface area contributed by atoms with E-state index in [1.165, 1.54) is 12.1 Å². The molecular formula is C14H20F2N2. The highest BCUT2D eigenvalue weighted by Gasteiger charge is 2.24. The molecule has 1 aromatic rings. The number of halogens is 2. The van der Waals surface area contributed by atoms with Crippen LogP contribution in [0, 0.1) is 18.6 Å². The second-order valence-electron chi connectivity index (χ2n) is 4.91. The van der Waals surface area contributed by atoms with Crippen LogP contribution < -0.4 is 10.2 Å². The highest BCUT2D eigenvalue weighted by atomic mass is 19.1. The molecule has 1 unspecified atom stereocenters. The maximum Gasteiger partial charge on any atom is 0.152 e. The molecule has 0 radical (unpaired) electrons. The van der Waals surface area contributed by atoms with Gasteiger partial charge < -0.3 is 10.2 Å². The van der Waals surface area contributed by atoms with Gasteiger partial charge in [-0.05, 0) is 25.0 Å². The van der Waals surface area contributed by atoms with E-state index in [9.17, 15) is 8.78 Å². The molecule has 1 heterocycles. The van der Waals surface area contributed by atoms with E-state index in [1.807, 2.05) is 4.90 Å². The summed E-state index contributed by atoms with van der Waals surface area (Å²) in [4.78, 5) is 1.83. The van der Waals surface area contributed by atoms with Gasteiger partial charge in [-0.15, -0.1) is 0 Å². The first kappa shape index (κ1) is 13.3. The molecule has 0 aliphatic carbocycles. The number of benzene rings is 1. The minimum absolute atomic E-state index is 0.137. The smallest absolute Gasteiger partial charge is 0.152 e. The lowest BCUT2D eigenvalue weighted by molar-refractivity contribution is 0.423. The van der Waals surface area contributed by atoms with E-state index in [1.54, 1.807) is 6.92 Å². The van der Waals surface area contributed by atoms with Crippen LogP contribution in [0.2, 0.25) is 0 Å². The number of piperazine rings is 1. The molecule has 100 valence electrons. The molecule has 1 aliphatic rings. The second kappa shape index (κ2) is 5.65. The van der Waals surface area contributed by atoms with Crippen molar-refractivity contribution in [3.05, 3.63) is 29.3 Å². The fourth-order valence-electron chi connectivity index (χ4n) is 2.50. The average molecular weight is 254 g/mol. The van der Waals surface area contributed by atoms with Crippen molar-refractivity contribution in [3.8, 4) is 0 Å². The molecule has 0 aromatic heterocycles. The number of nitrogens with zero attached hydrogens (tertiary/aromatic N) is 1. The summed E-state index contributed by atoms with van der Waals surface area (Å²) in [6.45, 7) is 5.89. The van der Waals surface area contributed by atoms with Crippen molar-refractivity contribution >= 4 is 5.69 Å². The first-order valence-corrected chi connectivity index (χ1v) is 6.56. The molecule has 1 N–H and O–H groups in total. The van der Waals surface area contributed by atoms with Crippen LogP contribution in [0.15, 0.2) is 12.1 Å². The van der Waals surface area contributed by atoms with Crippen LogP contribution >= 0.6 is 0 Å². The van der Waals surface area contributed by atoms with Crippen molar-refractivity contribution in [2.24, 2.45) is 0 Å². The summed E-state index contributed by atoms with van der Waals surface area (Å²) < 4.78 is 27.9. The third kappa shape index (κ3) is 2.64. The fraction of sp³-hybridized carbons (Fsp3) is 0.571. The van der Waals surface area contributed by atoms with Gasteiger partial charge >= 0.3 is 0 Å². The van der Waals surface area contributed by atoms with Crippen molar-refractivity contribution in [2.45, 2.75) is 32.7 Å². The zero-order chi connectivity index (χ0) is 13.1. The minimum Gasteiger partial charge on any atom is -0.364 e. The van der Waals surface area contributed by atoms with Crippen LogP contribution in [0.3, 0.4) is 0 Å². The van der Waals surface area contributed by atoms with Gasteiger partial charge in [-0.3, -0.25) is 0 Å². The third-order valence-corrected chi connectivity index (χ3v) is 3.47. The van der Waals surface area contributed by atoms with Gasteiger partial charge in [0, 0.05) is 25.7 Å². The molecule has 1 fully saturated rings. The van der Waals surface area contributed by atoms with E-state index in [4.69, 9.17) is 0 Å². The zero-order valence-electron chi connectivity index (χ0n) is 11.0. The van der Waals surface area contributed by atoms with Crippen molar-refractivity contribution in [1.82, 2.24) is 5.32 Å². The highest BCUT2D eigenvalue weighted by Crippen LogP contribution is 2.27. The molecule has 2 nitrogen and oxygen atoms in total. The molecular weight excluding hydrogens is 234 g/mol. The van der Waals surface area contributed by atoms with Crippen molar-refractivity contribution in [2.75, 3.05) is 24.5 Å². The predicted molar refractivity (Wildman–Crippen MR) is 70.0 cm³/mol. The summed E-state index contributed by atoms with van der Waals surface area (Å²) in [7, 11) is 0. The molecule has 1 saturated heterocycles. The Kier molecular flexibility index (Phi) is 4.17. The van der Waals surface area contributed by atoms with Crippen LogP contribution in [-0.2, 0) is 0 Å². The minimum atomic E-state index is -0.463. The van der Waals surface area contributed by atoms with Crippen LogP contribution in [0.1, 0.15) is 25.3 Å². The Hall–Kier alpha value is -1.16. The Bertz CT molecular complexity index is 419. The van der Waals surface area contributed by atoms with Gasteiger partial charge in [0.1, 0.15) is 11.5 Å². The molecule has 0 spiro atoms. The van der Waals surface area contributed by atoms with Gasteiger partial charge in [0.25, 0.3) is 0 Å². The van der Waals surface area contributed by atoms with Gasteiger partial charge in [-0.1, -0.05) is 19.4 Å². The van der Waals surface area contributed by atoms with Crippen molar-refractivity contribution in [1.29, 1.82) is 0 Å². The molecule has 0 amide bonds. The number of aryl methyl sites for hydroxylation is 1. The van der Waals surface area contributed by atoms with E-state index in [0.29, 0.717) is 24.7 Å². The Labute approximate surface area is 107 Å². The van der Waals surface area contributed by atoms with Gasteiger partial charge in [0.15, 0.2) is 5.82 Å². The number of nitrogens with one attached hydrogen (secondary N) is 1. The van der Waals surface area contributed by atoms with Crippen LogP contribution in [0.4, 0.5) is 14.5 Å². The molecule has 4 heteroatoms. The lowest BCUT2D eigenvalue weighted by Gasteiger charge is -2.35. The standard InChI is InChI=1S/C14H20F2N2/c1-3-4-11-9-18(8-7-17-11)14-12(15)6-5-10(2)13(14)16/h5-6,11,17H,3-4,7-9H2,1-2H3. The summed E-state index contributed by atoms with van der Waals surface area (Å²) in [6.07, 6.45) is 2.11. The summed E-state index contributed by atoms with van der Waals surface area (Å²) >= 11 is 0. The van der Waals surface area contributed by atoms with Gasteiger partial charge in [-0.25, -0.2) is 8.78 Å². The first-order chi connectivity index (χ1) is 8.63. The predicted octanol–water partition coefficient (Wildman–Crippen LogP) is 2.85. The monoisotopic (exact) mass is 254 g/mol. The van der Waals surface area contributed by atoms with E-state index in [0.717, 1.165) is 19.4 Å². The van der Waals surface area contributed by atoms with Crippen LogP contribution in [-0.4, -0.2) is 25.7 Å². The van der Waals surface area contributed by atoms with E-state index >= 15 is 0 Å². The molecule has 1 atom stereocenters. The van der Waals surface area contributed by atoms with Crippen LogP contribution in [0.5, 0.6) is 0 Å². The van der Waals surface area contributed by atoms with Gasteiger partial charge in [0.05, 0.1) is 0 Å². The molecule has 0 bridgehead atoms. The maximum absolute atomic E-state index is 14.1. The summed E-state index contributed by atoms with van der Waals surface area (Å²) in [5.41, 5.74) is 0.634. The Balaban J connectivity index is 2.23. The third-order valence-electron chi connectivity index (χ3n) is 3.47. The Morgan fingerprint density at radius 2 is 2.17 bits per heavy atom. The number of rotatable bonds is 3. The normalized spacial score (nSPS) is 20.2. The zero-order valence-corrected chi connectivity index (χ0v) is 11.0. The summed E-state index contributed by atoms with van der Waals surface area (Å²) in [5, 5.41) is 3.39. The number of hydrogen-bond acceptors (Lipinski definition) is 2. The molecule has 0 saturated carbocycles. The van der Waals surface area contributed by atoms with Crippen LogP contribution in [0.25, 0.3) is 0 Å². The Morgan fingerprint density at radius 3 is 2.89 bits per heavy atom. The largest absolute Gasteiger partial charge is 0.364 e.